The van der Waals surface area contributed by atoms with Crippen LogP contribution in [0.2, 0.25) is 0 Å². The Labute approximate surface area is 179 Å². The number of anilines is 1. The van der Waals surface area contributed by atoms with Crippen molar-refractivity contribution in [2.45, 2.75) is 13.8 Å². The number of nitrogens with zero attached hydrogens (tertiary/aromatic N) is 2. The van der Waals surface area contributed by atoms with Crippen molar-refractivity contribution in [3.05, 3.63) is 83.5 Å². The van der Waals surface area contributed by atoms with Crippen LogP contribution in [0.15, 0.2) is 72.4 Å². The van der Waals surface area contributed by atoms with Crippen LogP contribution < -0.4 is 10.1 Å². The van der Waals surface area contributed by atoms with Gasteiger partial charge in [0.05, 0.1) is 5.69 Å². The third-order valence-corrected chi connectivity index (χ3v) is 5.61. The number of thiazole rings is 1. The van der Waals surface area contributed by atoms with Crippen LogP contribution in [0.25, 0.3) is 21.8 Å². The van der Waals surface area contributed by atoms with Crippen LogP contribution >= 0.6 is 11.3 Å². The lowest BCUT2D eigenvalue weighted by Gasteiger charge is -2.09. The molecular formula is C24H21N3O2S. The highest BCUT2D eigenvalue weighted by Gasteiger charge is 2.09. The Bertz CT molecular complexity index is 1170. The number of amides is 1. The third kappa shape index (κ3) is 4.72. The van der Waals surface area contributed by atoms with Crippen molar-refractivity contribution < 1.29 is 9.53 Å². The van der Waals surface area contributed by atoms with Crippen LogP contribution in [0.1, 0.15) is 11.1 Å². The van der Waals surface area contributed by atoms with E-state index in [1.807, 2.05) is 73.8 Å². The molecule has 2 aromatic carbocycles. The summed E-state index contributed by atoms with van der Waals surface area (Å²) in [7, 11) is 0. The zero-order valence-corrected chi connectivity index (χ0v) is 17.6. The minimum absolute atomic E-state index is 0.0460. The van der Waals surface area contributed by atoms with E-state index in [1.165, 1.54) is 5.56 Å². The molecule has 0 aliphatic rings. The summed E-state index contributed by atoms with van der Waals surface area (Å²) in [6.45, 7) is 4.02. The average Bonchev–Trinajstić information content (AvgIpc) is 3.26. The van der Waals surface area contributed by atoms with Crippen LogP contribution in [0, 0.1) is 13.8 Å². The molecule has 2 heterocycles. The molecule has 0 spiro atoms. The number of aryl methyl sites for hydroxylation is 2. The second kappa shape index (κ2) is 8.88. The molecule has 30 heavy (non-hydrogen) atoms. The number of nitrogens with one attached hydrogen (secondary N) is 1. The minimum Gasteiger partial charge on any atom is -0.484 e. The number of pyridine rings is 1. The molecule has 0 saturated heterocycles. The van der Waals surface area contributed by atoms with Crippen molar-refractivity contribution in [2.24, 2.45) is 0 Å². The van der Waals surface area contributed by atoms with Gasteiger partial charge in [0, 0.05) is 34.6 Å². The molecule has 0 bridgehead atoms. The molecule has 5 nitrogen and oxygen atoms in total. The van der Waals surface area contributed by atoms with Crippen molar-refractivity contribution in [1.82, 2.24) is 9.97 Å². The summed E-state index contributed by atoms with van der Waals surface area (Å²) in [5.74, 6) is 0.481. The fourth-order valence-corrected chi connectivity index (χ4v) is 3.77. The molecule has 0 aliphatic heterocycles. The molecule has 4 aromatic rings. The second-order valence-electron chi connectivity index (χ2n) is 6.94. The molecule has 1 N–H and O–H groups in total. The number of aromatic nitrogens is 2. The number of benzene rings is 2. The van der Waals surface area contributed by atoms with Gasteiger partial charge in [0.2, 0.25) is 0 Å². The van der Waals surface area contributed by atoms with Crippen LogP contribution in [-0.4, -0.2) is 22.5 Å². The predicted molar refractivity (Wildman–Crippen MR) is 121 cm³/mol. The van der Waals surface area contributed by atoms with Gasteiger partial charge in [-0.25, -0.2) is 4.98 Å². The Kier molecular flexibility index (Phi) is 5.86. The Morgan fingerprint density at radius 3 is 2.63 bits per heavy atom. The first-order valence-electron chi connectivity index (χ1n) is 9.55. The van der Waals surface area contributed by atoms with Gasteiger partial charge in [-0.15, -0.1) is 11.3 Å². The van der Waals surface area contributed by atoms with Gasteiger partial charge in [-0.3, -0.25) is 9.78 Å². The normalized spacial score (nSPS) is 10.6. The topological polar surface area (TPSA) is 64.1 Å². The van der Waals surface area contributed by atoms with Gasteiger partial charge >= 0.3 is 0 Å². The number of ether oxygens (including phenoxy) is 1. The molecule has 0 atom stereocenters. The van der Waals surface area contributed by atoms with Crippen molar-refractivity contribution in [3.8, 4) is 27.6 Å². The monoisotopic (exact) mass is 415 g/mol. The first kappa shape index (κ1) is 19.8. The zero-order chi connectivity index (χ0) is 20.9. The number of hydrogen-bond acceptors (Lipinski definition) is 5. The van der Waals surface area contributed by atoms with Crippen LogP contribution in [0.5, 0.6) is 5.75 Å². The first-order chi connectivity index (χ1) is 14.6. The molecule has 2 aromatic heterocycles. The predicted octanol–water partition coefficient (Wildman–Crippen LogP) is 5.51. The maximum Gasteiger partial charge on any atom is 0.262 e. The zero-order valence-electron chi connectivity index (χ0n) is 16.8. The first-order valence-corrected chi connectivity index (χ1v) is 10.4. The van der Waals surface area contributed by atoms with E-state index < -0.39 is 0 Å². The fourth-order valence-electron chi connectivity index (χ4n) is 2.94. The van der Waals surface area contributed by atoms with Crippen molar-refractivity contribution in [3.63, 3.8) is 0 Å². The molecule has 0 aliphatic carbocycles. The Hall–Kier alpha value is -3.51. The lowest BCUT2D eigenvalue weighted by atomic mass is 10.1. The highest BCUT2D eigenvalue weighted by Crippen LogP contribution is 2.29. The van der Waals surface area contributed by atoms with Gasteiger partial charge in [-0.2, -0.15) is 0 Å². The SMILES string of the molecule is Cc1ccc(OCC(=O)Nc2cccc(-c3csc(-c4ccncc4)n3)c2)cc1C. The molecule has 0 unspecified atom stereocenters. The van der Waals surface area contributed by atoms with Gasteiger partial charge in [0.1, 0.15) is 10.8 Å². The van der Waals surface area contributed by atoms with Crippen LogP contribution in [-0.2, 0) is 4.79 Å². The van der Waals surface area contributed by atoms with Gasteiger partial charge in [0.25, 0.3) is 5.91 Å². The van der Waals surface area contributed by atoms with Gasteiger partial charge < -0.3 is 10.1 Å². The summed E-state index contributed by atoms with van der Waals surface area (Å²) in [6.07, 6.45) is 3.51. The summed E-state index contributed by atoms with van der Waals surface area (Å²) in [6, 6.07) is 17.3. The van der Waals surface area contributed by atoms with E-state index in [-0.39, 0.29) is 12.5 Å². The molecule has 0 saturated carbocycles. The standard InChI is InChI=1S/C24H21N3O2S/c1-16-6-7-21(12-17(16)2)29-14-23(28)26-20-5-3-4-19(13-20)22-15-30-24(27-22)18-8-10-25-11-9-18/h3-13,15H,14H2,1-2H3,(H,26,28). The molecule has 0 fully saturated rings. The van der Waals surface area contributed by atoms with E-state index in [1.54, 1.807) is 23.7 Å². The largest absolute Gasteiger partial charge is 0.484 e. The quantitative estimate of drug-likeness (QED) is 0.451. The summed E-state index contributed by atoms with van der Waals surface area (Å²) in [5, 5.41) is 5.84. The number of rotatable bonds is 6. The maximum absolute atomic E-state index is 12.3. The molecule has 4 rings (SSSR count). The van der Waals surface area contributed by atoms with E-state index in [4.69, 9.17) is 9.72 Å². The van der Waals surface area contributed by atoms with Gasteiger partial charge in [0.15, 0.2) is 6.61 Å². The van der Waals surface area contributed by atoms with Crippen LogP contribution in [0.3, 0.4) is 0 Å². The van der Waals surface area contributed by atoms with E-state index >= 15 is 0 Å². The van der Waals surface area contributed by atoms with E-state index in [0.29, 0.717) is 11.4 Å². The lowest BCUT2D eigenvalue weighted by molar-refractivity contribution is -0.118. The molecule has 150 valence electrons. The van der Waals surface area contributed by atoms with E-state index in [9.17, 15) is 4.79 Å². The van der Waals surface area contributed by atoms with Gasteiger partial charge in [-0.1, -0.05) is 18.2 Å². The fraction of sp³-hybridized carbons (Fsp3) is 0.125. The molecule has 1 amide bonds. The summed E-state index contributed by atoms with van der Waals surface area (Å²) in [5.41, 5.74) is 5.88. The molecule has 0 radical (unpaired) electrons. The smallest absolute Gasteiger partial charge is 0.262 e. The Balaban J connectivity index is 1.41. The molecular weight excluding hydrogens is 394 g/mol. The van der Waals surface area contributed by atoms with E-state index in [0.717, 1.165) is 27.4 Å². The van der Waals surface area contributed by atoms with Crippen molar-refractivity contribution in [1.29, 1.82) is 0 Å². The number of carbonyl (C=O) groups excluding carboxylic acids is 1. The van der Waals surface area contributed by atoms with Crippen LogP contribution in [0.4, 0.5) is 5.69 Å². The van der Waals surface area contributed by atoms with Crippen molar-refractivity contribution >= 4 is 22.9 Å². The average molecular weight is 416 g/mol. The lowest BCUT2D eigenvalue weighted by Crippen LogP contribution is -2.20. The second-order valence-corrected chi connectivity index (χ2v) is 7.80. The summed E-state index contributed by atoms with van der Waals surface area (Å²) < 4.78 is 5.62. The Morgan fingerprint density at radius 1 is 1.00 bits per heavy atom. The maximum atomic E-state index is 12.3. The highest BCUT2D eigenvalue weighted by atomic mass is 32.1. The molecule has 6 heteroatoms. The Morgan fingerprint density at radius 2 is 1.83 bits per heavy atom. The van der Waals surface area contributed by atoms with E-state index in [2.05, 4.69) is 10.3 Å². The third-order valence-electron chi connectivity index (χ3n) is 4.72. The summed E-state index contributed by atoms with van der Waals surface area (Å²) >= 11 is 1.58. The minimum atomic E-state index is -0.207. The summed E-state index contributed by atoms with van der Waals surface area (Å²) in [4.78, 5) is 21.1. The highest BCUT2D eigenvalue weighted by molar-refractivity contribution is 7.13. The van der Waals surface area contributed by atoms with Crippen molar-refractivity contribution in [2.75, 3.05) is 11.9 Å². The van der Waals surface area contributed by atoms with Gasteiger partial charge in [-0.05, 0) is 61.4 Å². The number of carbonyl (C=O) groups is 1. The number of hydrogen-bond donors (Lipinski definition) is 1.